The van der Waals surface area contributed by atoms with Crippen LogP contribution in [0, 0.1) is 18.3 Å². The fourth-order valence-corrected chi connectivity index (χ4v) is 3.22. The fourth-order valence-electron chi connectivity index (χ4n) is 3.22. The summed E-state index contributed by atoms with van der Waals surface area (Å²) in [6, 6.07) is 22.9. The summed E-state index contributed by atoms with van der Waals surface area (Å²) in [4.78, 5) is 25.8. The van der Waals surface area contributed by atoms with Crippen LogP contribution in [0.15, 0.2) is 82.0 Å². The maximum atomic E-state index is 12.9. The van der Waals surface area contributed by atoms with Crippen LogP contribution >= 0.6 is 0 Å². The lowest BCUT2D eigenvalue weighted by molar-refractivity contribution is 0.102. The van der Waals surface area contributed by atoms with E-state index in [-0.39, 0.29) is 16.6 Å². The molecule has 29 heavy (non-hydrogen) atoms. The standard InChI is InChI=1S/C24H16N2O3/c1-15-21(27)19-11-6-12-20(23(19)29-22(15)17-8-3-2-4-9-17)24(28)26-18-10-5-7-16(13-18)14-25/h2-13H,1H3,(H,26,28). The Bertz CT molecular complexity index is 1330. The van der Waals surface area contributed by atoms with E-state index in [1.165, 1.54) is 0 Å². The van der Waals surface area contributed by atoms with Crippen LogP contribution < -0.4 is 10.7 Å². The Hall–Kier alpha value is -4.17. The Balaban J connectivity index is 1.85. The summed E-state index contributed by atoms with van der Waals surface area (Å²) in [5.41, 5.74) is 2.49. The molecule has 0 aliphatic heterocycles. The molecule has 0 atom stereocenters. The van der Waals surface area contributed by atoms with Crippen molar-refractivity contribution in [2.75, 3.05) is 5.32 Å². The van der Waals surface area contributed by atoms with E-state index in [0.717, 1.165) is 5.56 Å². The van der Waals surface area contributed by atoms with Crippen LogP contribution in [0.4, 0.5) is 5.69 Å². The number of fused-ring (bicyclic) bond motifs is 1. The molecule has 0 saturated carbocycles. The lowest BCUT2D eigenvalue weighted by atomic mass is 10.0. The van der Waals surface area contributed by atoms with E-state index in [4.69, 9.17) is 9.68 Å². The molecule has 1 N–H and O–H groups in total. The molecule has 4 rings (SSSR count). The van der Waals surface area contributed by atoms with Crippen LogP contribution in [0.1, 0.15) is 21.5 Å². The van der Waals surface area contributed by atoms with Gasteiger partial charge in [0.1, 0.15) is 5.76 Å². The number of hydrogen-bond acceptors (Lipinski definition) is 4. The highest BCUT2D eigenvalue weighted by molar-refractivity contribution is 6.11. The summed E-state index contributed by atoms with van der Waals surface area (Å²) in [6.45, 7) is 1.72. The Morgan fingerprint density at radius 1 is 1.00 bits per heavy atom. The average molecular weight is 380 g/mol. The molecule has 4 aromatic rings. The van der Waals surface area contributed by atoms with Gasteiger partial charge in [0.15, 0.2) is 11.0 Å². The molecule has 0 aliphatic carbocycles. The van der Waals surface area contributed by atoms with Gasteiger partial charge in [-0.3, -0.25) is 9.59 Å². The second-order valence-corrected chi connectivity index (χ2v) is 6.58. The minimum Gasteiger partial charge on any atom is -0.455 e. The second kappa shape index (κ2) is 7.45. The quantitative estimate of drug-likeness (QED) is 0.548. The molecule has 0 unspecified atom stereocenters. The van der Waals surface area contributed by atoms with Crippen molar-refractivity contribution in [3.05, 3.63) is 99.7 Å². The Labute approximate surface area is 166 Å². The monoisotopic (exact) mass is 380 g/mol. The van der Waals surface area contributed by atoms with E-state index < -0.39 is 5.91 Å². The molecule has 0 radical (unpaired) electrons. The van der Waals surface area contributed by atoms with Gasteiger partial charge in [0.05, 0.1) is 22.6 Å². The van der Waals surface area contributed by atoms with Crippen LogP contribution in [0.25, 0.3) is 22.3 Å². The number of nitrogens with one attached hydrogen (secondary N) is 1. The van der Waals surface area contributed by atoms with Gasteiger partial charge in [-0.05, 0) is 37.3 Å². The molecular formula is C24H16N2O3. The van der Waals surface area contributed by atoms with Crippen molar-refractivity contribution in [3.8, 4) is 17.4 Å². The van der Waals surface area contributed by atoms with Crippen molar-refractivity contribution in [1.29, 1.82) is 5.26 Å². The minimum absolute atomic E-state index is 0.175. The third-order valence-corrected chi connectivity index (χ3v) is 4.68. The zero-order valence-electron chi connectivity index (χ0n) is 15.6. The highest BCUT2D eigenvalue weighted by Crippen LogP contribution is 2.27. The Morgan fingerprint density at radius 2 is 1.76 bits per heavy atom. The first-order valence-corrected chi connectivity index (χ1v) is 9.02. The van der Waals surface area contributed by atoms with Gasteiger partial charge in [-0.15, -0.1) is 0 Å². The van der Waals surface area contributed by atoms with Crippen molar-refractivity contribution in [2.24, 2.45) is 0 Å². The largest absolute Gasteiger partial charge is 0.455 e. The van der Waals surface area contributed by atoms with E-state index >= 15 is 0 Å². The molecule has 0 saturated heterocycles. The van der Waals surface area contributed by atoms with E-state index in [2.05, 4.69) is 5.32 Å². The molecule has 1 heterocycles. The van der Waals surface area contributed by atoms with E-state index in [9.17, 15) is 9.59 Å². The van der Waals surface area contributed by atoms with E-state index in [1.54, 1.807) is 49.4 Å². The van der Waals surface area contributed by atoms with Gasteiger partial charge in [-0.25, -0.2) is 0 Å². The topological polar surface area (TPSA) is 83.1 Å². The van der Waals surface area contributed by atoms with Gasteiger partial charge in [-0.2, -0.15) is 5.26 Å². The molecule has 5 nitrogen and oxygen atoms in total. The molecule has 0 spiro atoms. The summed E-state index contributed by atoms with van der Waals surface area (Å²) in [5.74, 6) is 0.0199. The van der Waals surface area contributed by atoms with Crippen molar-refractivity contribution < 1.29 is 9.21 Å². The number of nitrogens with zero attached hydrogens (tertiary/aromatic N) is 1. The second-order valence-electron chi connectivity index (χ2n) is 6.58. The van der Waals surface area contributed by atoms with Gasteiger partial charge in [0.2, 0.25) is 0 Å². The molecule has 1 aromatic heterocycles. The van der Waals surface area contributed by atoms with Crippen LogP contribution in [-0.2, 0) is 0 Å². The van der Waals surface area contributed by atoms with Crippen LogP contribution in [0.3, 0.4) is 0 Å². The van der Waals surface area contributed by atoms with Gasteiger partial charge in [-0.1, -0.05) is 42.5 Å². The van der Waals surface area contributed by atoms with Crippen LogP contribution in [-0.4, -0.2) is 5.91 Å². The summed E-state index contributed by atoms with van der Waals surface area (Å²) in [6.07, 6.45) is 0. The number of rotatable bonds is 3. The first kappa shape index (κ1) is 18.2. The zero-order chi connectivity index (χ0) is 20.4. The molecule has 140 valence electrons. The van der Waals surface area contributed by atoms with E-state index in [0.29, 0.717) is 28.0 Å². The summed E-state index contributed by atoms with van der Waals surface area (Å²) < 4.78 is 6.08. The lowest BCUT2D eigenvalue weighted by Crippen LogP contribution is -2.15. The Morgan fingerprint density at radius 3 is 2.52 bits per heavy atom. The highest BCUT2D eigenvalue weighted by Gasteiger charge is 2.18. The molecule has 3 aromatic carbocycles. The summed E-state index contributed by atoms with van der Waals surface area (Å²) >= 11 is 0. The Kier molecular flexibility index (Phi) is 4.68. The van der Waals surface area contributed by atoms with Crippen molar-refractivity contribution in [2.45, 2.75) is 6.92 Å². The number of amides is 1. The number of carbonyl (C=O) groups is 1. The SMILES string of the molecule is Cc1c(-c2ccccc2)oc2c(C(=O)Nc3cccc(C#N)c3)cccc2c1=O. The van der Waals surface area contributed by atoms with Crippen molar-refractivity contribution >= 4 is 22.6 Å². The number of para-hydroxylation sites is 1. The van der Waals surface area contributed by atoms with Crippen molar-refractivity contribution in [1.82, 2.24) is 0 Å². The van der Waals surface area contributed by atoms with Gasteiger partial charge < -0.3 is 9.73 Å². The number of benzene rings is 3. The molecule has 0 fully saturated rings. The maximum Gasteiger partial charge on any atom is 0.259 e. The maximum absolute atomic E-state index is 12.9. The first-order valence-electron chi connectivity index (χ1n) is 9.02. The number of anilines is 1. The number of hydrogen-bond donors (Lipinski definition) is 1. The van der Waals surface area contributed by atoms with Gasteiger partial charge >= 0.3 is 0 Å². The van der Waals surface area contributed by atoms with Gasteiger partial charge in [0.25, 0.3) is 5.91 Å². The third-order valence-electron chi connectivity index (χ3n) is 4.68. The van der Waals surface area contributed by atoms with Crippen LogP contribution in [0.2, 0.25) is 0 Å². The predicted molar refractivity (Wildman–Crippen MR) is 112 cm³/mol. The minimum atomic E-state index is -0.420. The fraction of sp³-hybridized carbons (Fsp3) is 0.0417. The number of carbonyl (C=O) groups excluding carboxylic acids is 1. The van der Waals surface area contributed by atoms with Crippen molar-refractivity contribution in [3.63, 3.8) is 0 Å². The molecule has 1 amide bonds. The lowest BCUT2D eigenvalue weighted by Gasteiger charge is -2.11. The average Bonchev–Trinajstić information content (AvgIpc) is 2.76. The summed E-state index contributed by atoms with van der Waals surface area (Å²) in [5, 5.41) is 12.2. The van der Waals surface area contributed by atoms with Crippen LogP contribution in [0.5, 0.6) is 0 Å². The predicted octanol–water partition coefficient (Wildman–Crippen LogP) is 4.89. The molecular weight excluding hydrogens is 364 g/mol. The molecule has 0 aliphatic rings. The summed E-state index contributed by atoms with van der Waals surface area (Å²) in [7, 11) is 0. The highest BCUT2D eigenvalue weighted by atomic mass is 16.3. The van der Waals surface area contributed by atoms with E-state index in [1.807, 2.05) is 36.4 Å². The first-order chi connectivity index (χ1) is 14.1. The zero-order valence-corrected chi connectivity index (χ0v) is 15.6. The molecule has 0 bridgehead atoms. The number of nitriles is 1. The smallest absolute Gasteiger partial charge is 0.259 e. The van der Waals surface area contributed by atoms with Gasteiger partial charge in [0, 0.05) is 16.8 Å². The third kappa shape index (κ3) is 3.40. The molecule has 5 heteroatoms. The normalized spacial score (nSPS) is 10.5.